The van der Waals surface area contributed by atoms with Gasteiger partial charge in [-0.25, -0.2) is 4.39 Å². The standard InChI is InChI=1S/C20H20FN3O3/c1-26-15-7-12(8-16(11-15)27-2)3-5-14-10-19(24-23-14)18-9-13(21)4-6-17(18)20(22)25/h4,6-11H,3,5H2,1-2H3,(H2,22,25)(H,23,24). The SMILES string of the molecule is COc1cc(CCc2cc(-c3cc(F)ccc3C(N)=O)[nH]n2)cc(OC)c1. The molecular formula is C20H20FN3O3. The molecular weight excluding hydrogens is 349 g/mol. The molecule has 0 spiro atoms. The van der Waals surface area contributed by atoms with Crippen LogP contribution < -0.4 is 15.2 Å². The average molecular weight is 369 g/mol. The van der Waals surface area contributed by atoms with Crippen LogP contribution in [0.1, 0.15) is 21.6 Å². The minimum atomic E-state index is -0.621. The van der Waals surface area contributed by atoms with Crippen LogP contribution in [0.3, 0.4) is 0 Å². The quantitative estimate of drug-likeness (QED) is 0.669. The van der Waals surface area contributed by atoms with Gasteiger partial charge in [0.05, 0.1) is 25.6 Å². The van der Waals surface area contributed by atoms with Crippen molar-refractivity contribution < 1.29 is 18.7 Å². The zero-order valence-corrected chi connectivity index (χ0v) is 15.1. The molecule has 140 valence electrons. The number of nitrogens with two attached hydrogens (primary N) is 1. The molecule has 1 heterocycles. The van der Waals surface area contributed by atoms with Gasteiger partial charge in [-0.15, -0.1) is 0 Å². The van der Waals surface area contributed by atoms with Gasteiger partial charge in [-0.2, -0.15) is 5.10 Å². The minimum Gasteiger partial charge on any atom is -0.497 e. The summed E-state index contributed by atoms with van der Waals surface area (Å²) < 4.78 is 24.2. The topological polar surface area (TPSA) is 90.2 Å². The van der Waals surface area contributed by atoms with E-state index in [4.69, 9.17) is 15.2 Å². The normalized spacial score (nSPS) is 10.6. The van der Waals surface area contributed by atoms with E-state index in [0.717, 1.165) is 22.8 Å². The van der Waals surface area contributed by atoms with Gasteiger partial charge in [-0.3, -0.25) is 9.89 Å². The highest BCUT2D eigenvalue weighted by Crippen LogP contribution is 2.25. The summed E-state index contributed by atoms with van der Waals surface area (Å²) >= 11 is 0. The Morgan fingerprint density at radius 3 is 2.41 bits per heavy atom. The number of primary amides is 1. The van der Waals surface area contributed by atoms with Crippen LogP contribution in [0.15, 0.2) is 42.5 Å². The van der Waals surface area contributed by atoms with E-state index >= 15 is 0 Å². The number of hydrogen-bond donors (Lipinski definition) is 2. The van der Waals surface area contributed by atoms with Crippen molar-refractivity contribution in [3.05, 3.63) is 65.1 Å². The molecule has 0 atom stereocenters. The van der Waals surface area contributed by atoms with Gasteiger partial charge in [-0.1, -0.05) is 0 Å². The van der Waals surface area contributed by atoms with Crippen LogP contribution in [0.4, 0.5) is 4.39 Å². The second-order valence-electron chi connectivity index (χ2n) is 6.05. The van der Waals surface area contributed by atoms with Crippen molar-refractivity contribution in [2.75, 3.05) is 14.2 Å². The molecule has 2 aromatic carbocycles. The molecule has 0 aliphatic heterocycles. The molecule has 0 aliphatic rings. The second-order valence-corrected chi connectivity index (χ2v) is 6.05. The lowest BCUT2D eigenvalue weighted by Gasteiger charge is -2.07. The number of H-pyrrole nitrogens is 1. The van der Waals surface area contributed by atoms with Crippen molar-refractivity contribution in [3.63, 3.8) is 0 Å². The second kappa shape index (κ2) is 7.90. The average Bonchev–Trinajstić information content (AvgIpc) is 3.14. The van der Waals surface area contributed by atoms with Crippen LogP contribution in [0, 0.1) is 5.82 Å². The highest BCUT2D eigenvalue weighted by Gasteiger charge is 2.14. The van der Waals surface area contributed by atoms with Crippen molar-refractivity contribution in [1.29, 1.82) is 0 Å². The van der Waals surface area contributed by atoms with E-state index in [9.17, 15) is 9.18 Å². The van der Waals surface area contributed by atoms with Crippen molar-refractivity contribution in [2.24, 2.45) is 5.73 Å². The molecule has 3 aromatic rings. The Hall–Kier alpha value is -3.35. The molecule has 0 aliphatic carbocycles. The first-order chi connectivity index (χ1) is 13.0. The number of amides is 1. The Morgan fingerprint density at radius 2 is 1.78 bits per heavy atom. The molecule has 0 saturated carbocycles. The third-order valence-corrected chi connectivity index (χ3v) is 4.25. The lowest BCUT2D eigenvalue weighted by Crippen LogP contribution is -2.12. The summed E-state index contributed by atoms with van der Waals surface area (Å²) in [6.07, 6.45) is 1.36. The van der Waals surface area contributed by atoms with Gasteiger partial charge in [0.15, 0.2) is 0 Å². The van der Waals surface area contributed by atoms with Crippen LogP contribution >= 0.6 is 0 Å². The third-order valence-electron chi connectivity index (χ3n) is 4.25. The smallest absolute Gasteiger partial charge is 0.249 e. The number of aryl methyl sites for hydroxylation is 2. The summed E-state index contributed by atoms with van der Waals surface area (Å²) in [5.74, 6) is 0.370. The molecule has 0 unspecified atom stereocenters. The number of methoxy groups -OCH3 is 2. The van der Waals surface area contributed by atoms with E-state index in [1.54, 1.807) is 20.3 Å². The van der Waals surface area contributed by atoms with Gasteiger partial charge in [-0.05, 0) is 54.8 Å². The molecule has 6 nitrogen and oxygen atoms in total. The Morgan fingerprint density at radius 1 is 1.07 bits per heavy atom. The Labute approximate surface area is 156 Å². The van der Waals surface area contributed by atoms with Gasteiger partial charge < -0.3 is 15.2 Å². The van der Waals surface area contributed by atoms with Crippen LogP contribution in [-0.2, 0) is 12.8 Å². The van der Waals surface area contributed by atoms with Crippen molar-refractivity contribution in [3.8, 4) is 22.8 Å². The number of nitrogens with one attached hydrogen (secondary N) is 1. The molecule has 3 N–H and O–H groups in total. The van der Waals surface area contributed by atoms with E-state index in [2.05, 4.69) is 10.2 Å². The number of nitrogens with zero attached hydrogens (tertiary/aromatic N) is 1. The number of ether oxygens (including phenoxy) is 2. The maximum Gasteiger partial charge on any atom is 0.249 e. The van der Waals surface area contributed by atoms with Crippen LogP contribution in [-0.4, -0.2) is 30.3 Å². The fraction of sp³-hybridized carbons (Fsp3) is 0.200. The van der Waals surface area contributed by atoms with Crippen LogP contribution in [0.25, 0.3) is 11.3 Å². The monoisotopic (exact) mass is 369 g/mol. The summed E-state index contributed by atoms with van der Waals surface area (Å²) in [4.78, 5) is 11.6. The number of halogens is 1. The highest BCUT2D eigenvalue weighted by molar-refractivity contribution is 5.99. The van der Waals surface area contributed by atoms with Gasteiger partial charge in [0.2, 0.25) is 5.91 Å². The largest absolute Gasteiger partial charge is 0.497 e. The highest BCUT2D eigenvalue weighted by atomic mass is 19.1. The first-order valence-corrected chi connectivity index (χ1v) is 8.36. The number of carbonyl (C=O) groups excluding carboxylic acids is 1. The van der Waals surface area contributed by atoms with Gasteiger partial charge >= 0.3 is 0 Å². The fourth-order valence-corrected chi connectivity index (χ4v) is 2.87. The number of aromatic nitrogens is 2. The lowest BCUT2D eigenvalue weighted by atomic mass is 10.0. The number of carbonyl (C=O) groups is 1. The van der Waals surface area contributed by atoms with E-state index < -0.39 is 11.7 Å². The molecule has 0 saturated heterocycles. The molecule has 7 heteroatoms. The van der Waals surface area contributed by atoms with Crippen LogP contribution in [0.2, 0.25) is 0 Å². The summed E-state index contributed by atoms with van der Waals surface area (Å²) in [6, 6.07) is 11.3. The van der Waals surface area contributed by atoms with E-state index in [0.29, 0.717) is 24.1 Å². The summed E-state index contributed by atoms with van der Waals surface area (Å²) in [5, 5.41) is 7.11. The van der Waals surface area contributed by atoms with E-state index in [-0.39, 0.29) is 5.56 Å². The van der Waals surface area contributed by atoms with Crippen LogP contribution in [0.5, 0.6) is 11.5 Å². The zero-order valence-electron chi connectivity index (χ0n) is 15.1. The number of aromatic amines is 1. The summed E-state index contributed by atoms with van der Waals surface area (Å²) in [6.45, 7) is 0. The van der Waals surface area contributed by atoms with Gasteiger partial charge in [0.1, 0.15) is 17.3 Å². The Bertz CT molecular complexity index is 947. The predicted molar refractivity (Wildman–Crippen MR) is 99.5 cm³/mol. The molecule has 3 rings (SSSR count). The fourth-order valence-electron chi connectivity index (χ4n) is 2.87. The summed E-state index contributed by atoms with van der Waals surface area (Å²) in [5.41, 5.74) is 8.38. The van der Waals surface area contributed by atoms with Crippen molar-refractivity contribution >= 4 is 5.91 Å². The predicted octanol–water partition coefficient (Wildman–Crippen LogP) is 3.12. The zero-order chi connectivity index (χ0) is 19.4. The first-order valence-electron chi connectivity index (χ1n) is 8.36. The first kappa shape index (κ1) is 18.4. The molecule has 0 fully saturated rings. The van der Waals surface area contributed by atoms with E-state index in [1.165, 1.54) is 18.2 Å². The number of benzene rings is 2. The van der Waals surface area contributed by atoms with Crippen molar-refractivity contribution in [2.45, 2.75) is 12.8 Å². The number of hydrogen-bond acceptors (Lipinski definition) is 4. The Balaban J connectivity index is 1.80. The van der Waals surface area contributed by atoms with E-state index in [1.807, 2.05) is 18.2 Å². The molecule has 1 amide bonds. The third kappa shape index (κ3) is 4.25. The molecule has 0 radical (unpaired) electrons. The maximum atomic E-state index is 13.6. The maximum absolute atomic E-state index is 13.6. The molecule has 0 bridgehead atoms. The molecule has 27 heavy (non-hydrogen) atoms. The summed E-state index contributed by atoms with van der Waals surface area (Å²) in [7, 11) is 3.21. The van der Waals surface area contributed by atoms with Gasteiger partial charge in [0, 0.05) is 17.2 Å². The molecule has 1 aromatic heterocycles. The number of rotatable bonds is 7. The lowest BCUT2D eigenvalue weighted by molar-refractivity contribution is 0.100. The van der Waals surface area contributed by atoms with Gasteiger partial charge in [0.25, 0.3) is 0 Å². The minimum absolute atomic E-state index is 0.240. The Kier molecular flexibility index (Phi) is 5.40. The van der Waals surface area contributed by atoms with Crippen molar-refractivity contribution in [1.82, 2.24) is 10.2 Å².